The molecule has 0 aliphatic rings. The maximum Gasteiger partial charge on any atom is 0.337 e. The number of fused-ring (bicyclic) bond motifs is 1. The van der Waals surface area contributed by atoms with E-state index in [2.05, 4.69) is 21.1 Å². The number of anilines is 3. The first-order chi connectivity index (χ1) is 18.6. The number of hydrogen-bond donors (Lipinski definition) is 4. The summed E-state index contributed by atoms with van der Waals surface area (Å²) in [5, 5.41) is 30.9. The van der Waals surface area contributed by atoms with Gasteiger partial charge in [0.25, 0.3) is 5.91 Å². The number of carboxylic acid groups (broad SMARTS) is 1. The maximum atomic E-state index is 13.2. The van der Waals surface area contributed by atoms with Crippen molar-refractivity contribution in [2.75, 3.05) is 16.0 Å². The molecule has 0 spiro atoms. The van der Waals surface area contributed by atoms with E-state index >= 15 is 0 Å². The van der Waals surface area contributed by atoms with Crippen LogP contribution in [0, 0.1) is 18.3 Å². The van der Waals surface area contributed by atoms with Crippen molar-refractivity contribution in [1.82, 2.24) is 5.16 Å². The second-order valence-electron chi connectivity index (χ2n) is 8.67. The van der Waals surface area contributed by atoms with Gasteiger partial charge in [0.15, 0.2) is 11.3 Å². The van der Waals surface area contributed by atoms with E-state index in [0.717, 1.165) is 17.2 Å². The van der Waals surface area contributed by atoms with Crippen LogP contribution in [0.5, 0.6) is 0 Å². The normalized spacial score (nSPS) is 10.5. The number of nitrogens with one attached hydrogen (secondary N) is 3. The number of amides is 3. The van der Waals surface area contributed by atoms with Gasteiger partial charge in [-0.2, -0.15) is 5.26 Å². The number of benzene rings is 3. The molecule has 0 fully saturated rings. The molecule has 0 saturated carbocycles. The Kier molecular flexibility index (Phi) is 7.39. The Labute approximate surface area is 222 Å². The van der Waals surface area contributed by atoms with Crippen LogP contribution in [-0.4, -0.2) is 34.0 Å². The van der Waals surface area contributed by atoms with E-state index in [0.29, 0.717) is 22.3 Å². The van der Waals surface area contributed by atoms with E-state index in [1.165, 1.54) is 19.1 Å². The summed E-state index contributed by atoms with van der Waals surface area (Å²) in [5.74, 6) is -2.49. The fourth-order valence-electron chi connectivity index (χ4n) is 4.04. The van der Waals surface area contributed by atoms with Crippen LogP contribution in [0.4, 0.5) is 17.1 Å². The highest BCUT2D eigenvalue weighted by Gasteiger charge is 2.22. The van der Waals surface area contributed by atoms with Gasteiger partial charge in [0.2, 0.25) is 11.8 Å². The first-order valence-corrected chi connectivity index (χ1v) is 11.8. The van der Waals surface area contributed by atoms with Crippen molar-refractivity contribution in [3.8, 4) is 17.2 Å². The summed E-state index contributed by atoms with van der Waals surface area (Å²) in [6, 6.07) is 14.2. The summed E-state index contributed by atoms with van der Waals surface area (Å²) in [5.41, 5.74) is 3.12. The molecule has 1 aromatic heterocycles. The Bertz CT molecular complexity index is 1700. The molecular weight excluding hydrogens is 502 g/mol. The fourth-order valence-corrected chi connectivity index (χ4v) is 4.04. The summed E-state index contributed by atoms with van der Waals surface area (Å²) < 4.78 is 5.39. The molecular formula is C28H23N5O6. The van der Waals surface area contributed by atoms with Crippen LogP contribution in [0.3, 0.4) is 0 Å². The van der Waals surface area contributed by atoms with Gasteiger partial charge in [-0.3, -0.25) is 14.4 Å². The van der Waals surface area contributed by atoms with E-state index in [4.69, 9.17) is 9.78 Å². The zero-order valence-electron chi connectivity index (χ0n) is 21.2. The summed E-state index contributed by atoms with van der Waals surface area (Å²) >= 11 is 0. The Morgan fingerprint density at radius 3 is 2.38 bits per heavy atom. The van der Waals surface area contributed by atoms with Crippen LogP contribution < -0.4 is 16.0 Å². The van der Waals surface area contributed by atoms with E-state index in [1.807, 2.05) is 13.0 Å². The number of carboxylic acids is 1. The molecule has 11 heteroatoms. The predicted molar refractivity (Wildman–Crippen MR) is 143 cm³/mol. The lowest BCUT2D eigenvalue weighted by atomic mass is 9.96. The number of carbonyl (C=O) groups is 4. The Morgan fingerprint density at radius 2 is 1.74 bits per heavy atom. The number of carbonyl (C=O) groups excluding carboxylic acids is 3. The van der Waals surface area contributed by atoms with Crippen LogP contribution in [0.1, 0.15) is 52.2 Å². The molecule has 11 nitrogen and oxygen atoms in total. The average molecular weight is 526 g/mol. The van der Waals surface area contributed by atoms with Gasteiger partial charge >= 0.3 is 5.97 Å². The van der Waals surface area contributed by atoms with Crippen molar-refractivity contribution >= 4 is 51.7 Å². The van der Waals surface area contributed by atoms with Gasteiger partial charge in [-0.1, -0.05) is 18.1 Å². The van der Waals surface area contributed by atoms with Gasteiger partial charge in [0.05, 0.1) is 34.0 Å². The van der Waals surface area contributed by atoms with Crippen LogP contribution in [-0.2, 0) is 9.59 Å². The first-order valence-electron chi connectivity index (χ1n) is 11.8. The molecule has 3 aromatic carbocycles. The number of nitriles is 1. The zero-order valence-corrected chi connectivity index (χ0v) is 21.2. The Morgan fingerprint density at radius 1 is 0.974 bits per heavy atom. The van der Waals surface area contributed by atoms with Crippen molar-refractivity contribution in [3.05, 3.63) is 70.9 Å². The monoisotopic (exact) mass is 525 g/mol. The van der Waals surface area contributed by atoms with Crippen LogP contribution >= 0.6 is 0 Å². The minimum Gasteiger partial charge on any atom is -0.478 e. The topological polar surface area (TPSA) is 174 Å². The molecule has 0 saturated heterocycles. The SMILES string of the molecule is CCC(=O)Nc1cc2onc(C(=O)Nc3ccc(C#N)cc3C(=O)O)c2cc1-c1ccc(NC(C)=O)cc1C. The summed E-state index contributed by atoms with van der Waals surface area (Å²) in [6.07, 6.45) is 0.235. The predicted octanol–water partition coefficient (Wildman–Crippen LogP) is 4.93. The largest absolute Gasteiger partial charge is 0.478 e. The maximum absolute atomic E-state index is 13.2. The molecule has 0 aliphatic carbocycles. The van der Waals surface area contributed by atoms with Crippen molar-refractivity contribution in [2.24, 2.45) is 0 Å². The second kappa shape index (κ2) is 10.9. The number of aryl methyl sites for hydroxylation is 1. The van der Waals surface area contributed by atoms with Crippen molar-refractivity contribution in [3.63, 3.8) is 0 Å². The standard InChI is InChI=1S/C28H23N5O6/c1-4-25(35)31-23-12-24-21(11-19(23)18-7-6-17(9-14(18)2)30-15(3)34)26(33-39-24)27(36)32-22-8-5-16(13-29)10-20(22)28(37)38/h5-12H,4H2,1-3H3,(H,30,34)(H,31,35)(H,32,36)(H,37,38). The molecule has 0 atom stereocenters. The van der Waals surface area contributed by atoms with Gasteiger partial charge in [0.1, 0.15) is 0 Å². The highest BCUT2D eigenvalue weighted by Crippen LogP contribution is 2.37. The lowest BCUT2D eigenvalue weighted by molar-refractivity contribution is -0.116. The molecule has 0 radical (unpaired) electrons. The van der Waals surface area contributed by atoms with Gasteiger partial charge in [-0.25, -0.2) is 4.79 Å². The third-order valence-corrected chi connectivity index (χ3v) is 5.88. The average Bonchev–Trinajstić information content (AvgIpc) is 3.31. The van der Waals surface area contributed by atoms with E-state index in [9.17, 15) is 24.3 Å². The lowest BCUT2D eigenvalue weighted by Crippen LogP contribution is -2.15. The molecule has 4 rings (SSSR count). The molecule has 1 heterocycles. The van der Waals surface area contributed by atoms with Crippen molar-refractivity contribution < 1.29 is 28.8 Å². The fraction of sp³-hybridized carbons (Fsp3) is 0.143. The molecule has 39 heavy (non-hydrogen) atoms. The third-order valence-electron chi connectivity index (χ3n) is 5.88. The first kappa shape index (κ1) is 26.6. The molecule has 0 aliphatic heterocycles. The van der Waals surface area contributed by atoms with Gasteiger partial charge in [-0.05, 0) is 54.4 Å². The van der Waals surface area contributed by atoms with E-state index in [1.54, 1.807) is 37.3 Å². The number of aromatic nitrogens is 1. The summed E-state index contributed by atoms with van der Waals surface area (Å²) in [7, 11) is 0. The zero-order chi connectivity index (χ0) is 28.3. The summed E-state index contributed by atoms with van der Waals surface area (Å²) in [4.78, 5) is 48.6. The summed E-state index contributed by atoms with van der Waals surface area (Å²) in [6.45, 7) is 4.97. The minimum absolute atomic E-state index is 0.0147. The van der Waals surface area contributed by atoms with Crippen molar-refractivity contribution in [1.29, 1.82) is 5.26 Å². The molecule has 4 N–H and O–H groups in total. The highest BCUT2D eigenvalue weighted by atomic mass is 16.5. The molecule has 4 aromatic rings. The Balaban J connectivity index is 1.80. The van der Waals surface area contributed by atoms with Gasteiger partial charge < -0.3 is 25.6 Å². The van der Waals surface area contributed by atoms with E-state index in [-0.39, 0.29) is 46.3 Å². The van der Waals surface area contributed by atoms with Crippen LogP contribution in [0.15, 0.2) is 53.1 Å². The quantitative estimate of drug-likeness (QED) is 0.263. The van der Waals surface area contributed by atoms with E-state index < -0.39 is 11.9 Å². The molecule has 196 valence electrons. The number of rotatable bonds is 7. The van der Waals surface area contributed by atoms with Crippen LogP contribution in [0.25, 0.3) is 22.1 Å². The molecule has 0 unspecified atom stereocenters. The minimum atomic E-state index is -1.32. The van der Waals surface area contributed by atoms with Crippen LogP contribution in [0.2, 0.25) is 0 Å². The number of aromatic carboxylic acids is 1. The van der Waals surface area contributed by atoms with Gasteiger partial charge in [-0.15, -0.1) is 0 Å². The Hall–Kier alpha value is -5.50. The van der Waals surface area contributed by atoms with Crippen molar-refractivity contribution in [2.45, 2.75) is 27.2 Å². The smallest absolute Gasteiger partial charge is 0.337 e. The molecule has 0 bridgehead atoms. The number of hydrogen-bond acceptors (Lipinski definition) is 7. The second-order valence-corrected chi connectivity index (χ2v) is 8.67. The third kappa shape index (κ3) is 5.60. The highest BCUT2D eigenvalue weighted by molar-refractivity contribution is 6.14. The van der Waals surface area contributed by atoms with Gasteiger partial charge in [0, 0.05) is 30.7 Å². The molecule has 3 amide bonds. The lowest BCUT2D eigenvalue weighted by Gasteiger charge is -2.15. The number of nitrogens with zero attached hydrogens (tertiary/aromatic N) is 2.